The Balaban J connectivity index is 1.30. The zero-order valence-corrected chi connectivity index (χ0v) is 15.7. The molecule has 4 rings (SSSR count). The van der Waals surface area contributed by atoms with Crippen molar-refractivity contribution in [1.82, 2.24) is 10.3 Å². The molecule has 6 heteroatoms. The number of aromatic nitrogens is 1. The maximum Gasteiger partial charge on any atom is 0.251 e. The van der Waals surface area contributed by atoms with Crippen LogP contribution >= 0.6 is 11.3 Å². The minimum atomic E-state index is -0.110. The van der Waals surface area contributed by atoms with Crippen LogP contribution in [0, 0.1) is 17.2 Å². The molecule has 1 aromatic heterocycles. The lowest BCUT2D eigenvalue weighted by atomic mass is 9.97. The van der Waals surface area contributed by atoms with Gasteiger partial charge in [0, 0.05) is 25.2 Å². The van der Waals surface area contributed by atoms with Gasteiger partial charge in [-0.1, -0.05) is 29.5 Å². The molecule has 2 aromatic carbocycles. The minimum Gasteiger partial charge on any atom is -0.352 e. The van der Waals surface area contributed by atoms with Gasteiger partial charge in [-0.15, -0.1) is 0 Å². The third-order valence-electron chi connectivity index (χ3n) is 4.97. The summed E-state index contributed by atoms with van der Waals surface area (Å²) in [5.41, 5.74) is 2.11. The lowest BCUT2D eigenvalue weighted by molar-refractivity contribution is 0.0945. The van der Waals surface area contributed by atoms with Crippen LogP contribution in [0.3, 0.4) is 0 Å². The molecule has 1 N–H and O–H groups in total. The molecule has 1 aliphatic heterocycles. The third kappa shape index (κ3) is 3.93. The molecular formula is C21H20N4OS. The Morgan fingerprint density at radius 2 is 2.04 bits per heavy atom. The molecule has 5 nitrogen and oxygen atoms in total. The summed E-state index contributed by atoms with van der Waals surface area (Å²) < 4.78 is 1.22. The Bertz CT molecular complexity index is 966. The van der Waals surface area contributed by atoms with Crippen molar-refractivity contribution in [3.05, 3.63) is 59.7 Å². The molecule has 0 spiro atoms. The maximum atomic E-state index is 12.3. The number of amides is 1. The summed E-state index contributed by atoms with van der Waals surface area (Å²) >= 11 is 1.74. The number of benzene rings is 2. The van der Waals surface area contributed by atoms with Crippen molar-refractivity contribution in [2.45, 2.75) is 12.8 Å². The van der Waals surface area contributed by atoms with Crippen LogP contribution in [0.25, 0.3) is 10.2 Å². The average Bonchev–Trinajstić information content (AvgIpc) is 3.16. The summed E-state index contributed by atoms with van der Waals surface area (Å²) in [6, 6.07) is 17.1. The number of thiazole rings is 1. The molecule has 136 valence electrons. The monoisotopic (exact) mass is 376 g/mol. The Morgan fingerprint density at radius 3 is 2.81 bits per heavy atom. The van der Waals surface area contributed by atoms with Crippen molar-refractivity contribution in [2.75, 3.05) is 24.5 Å². The topological polar surface area (TPSA) is 69.0 Å². The van der Waals surface area contributed by atoms with E-state index in [9.17, 15) is 4.79 Å². The summed E-state index contributed by atoms with van der Waals surface area (Å²) in [4.78, 5) is 19.4. The van der Waals surface area contributed by atoms with Gasteiger partial charge in [0.15, 0.2) is 5.13 Å². The zero-order chi connectivity index (χ0) is 18.6. The first-order valence-electron chi connectivity index (χ1n) is 9.12. The number of hydrogen-bond donors (Lipinski definition) is 1. The number of nitrogens with zero attached hydrogens (tertiary/aromatic N) is 3. The standard InChI is InChI=1S/C21H20N4OS/c22-13-16-4-3-5-17(12-16)20(26)23-14-15-8-10-25(11-9-15)21-24-18-6-1-2-7-19(18)27-21/h1-7,12,15H,8-11,14H2,(H,23,26). The van der Waals surface area contributed by atoms with E-state index < -0.39 is 0 Å². The number of nitriles is 1. The fourth-order valence-electron chi connectivity index (χ4n) is 3.39. The number of carbonyl (C=O) groups excluding carboxylic acids is 1. The highest BCUT2D eigenvalue weighted by atomic mass is 32.1. The SMILES string of the molecule is N#Cc1cccc(C(=O)NCC2CCN(c3nc4ccccc4s3)CC2)c1. The van der Waals surface area contributed by atoms with Gasteiger partial charge in [0.25, 0.3) is 5.91 Å². The van der Waals surface area contributed by atoms with E-state index >= 15 is 0 Å². The largest absolute Gasteiger partial charge is 0.352 e. The zero-order valence-electron chi connectivity index (χ0n) is 14.9. The second kappa shape index (κ2) is 7.77. The predicted octanol–water partition coefficient (Wildman–Crippen LogP) is 3.81. The highest BCUT2D eigenvalue weighted by molar-refractivity contribution is 7.22. The molecule has 0 unspecified atom stereocenters. The summed E-state index contributed by atoms with van der Waals surface area (Å²) in [7, 11) is 0. The Labute approximate surface area is 162 Å². The Morgan fingerprint density at radius 1 is 1.22 bits per heavy atom. The van der Waals surface area contributed by atoms with Crippen molar-refractivity contribution >= 4 is 32.6 Å². The predicted molar refractivity (Wildman–Crippen MR) is 108 cm³/mol. The Hall–Kier alpha value is -2.91. The molecule has 0 atom stereocenters. The summed E-state index contributed by atoms with van der Waals surface area (Å²) in [5.74, 6) is 0.361. The van der Waals surface area contributed by atoms with Crippen LogP contribution < -0.4 is 10.2 Å². The number of hydrogen-bond acceptors (Lipinski definition) is 5. The van der Waals surface area contributed by atoms with E-state index in [2.05, 4.69) is 28.4 Å². The summed E-state index contributed by atoms with van der Waals surface area (Å²) in [6.07, 6.45) is 2.07. The molecule has 0 aliphatic carbocycles. The second-order valence-corrected chi connectivity index (χ2v) is 7.81. The summed E-state index contributed by atoms with van der Waals surface area (Å²) in [5, 5.41) is 13.1. The first kappa shape index (κ1) is 17.5. The van der Waals surface area contributed by atoms with Crippen LogP contribution in [-0.2, 0) is 0 Å². The van der Waals surface area contributed by atoms with Crippen molar-refractivity contribution in [2.24, 2.45) is 5.92 Å². The summed E-state index contributed by atoms with van der Waals surface area (Å²) in [6.45, 7) is 2.60. The molecule has 1 amide bonds. The van der Waals surface area contributed by atoms with Crippen LogP contribution in [0.15, 0.2) is 48.5 Å². The number of anilines is 1. The second-order valence-electron chi connectivity index (χ2n) is 6.80. The normalized spacial score (nSPS) is 14.9. The van der Waals surface area contributed by atoms with E-state index in [1.165, 1.54) is 4.70 Å². The van der Waals surface area contributed by atoms with E-state index in [1.54, 1.807) is 35.6 Å². The highest BCUT2D eigenvalue weighted by Gasteiger charge is 2.22. The fraction of sp³-hybridized carbons (Fsp3) is 0.286. The molecule has 0 radical (unpaired) electrons. The quantitative estimate of drug-likeness (QED) is 0.752. The van der Waals surface area contributed by atoms with Crippen molar-refractivity contribution in [3.63, 3.8) is 0 Å². The van der Waals surface area contributed by atoms with Gasteiger partial charge >= 0.3 is 0 Å². The minimum absolute atomic E-state index is 0.110. The molecule has 27 heavy (non-hydrogen) atoms. The van der Waals surface area contributed by atoms with Gasteiger partial charge in [0.2, 0.25) is 0 Å². The molecular weight excluding hydrogens is 356 g/mol. The maximum absolute atomic E-state index is 12.3. The number of rotatable bonds is 4. The van der Waals surface area contributed by atoms with Gasteiger partial charge < -0.3 is 10.2 Å². The van der Waals surface area contributed by atoms with E-state index in [0.29, 0.717) is 23.6 Å². The van der Waals surface area contributed by atoms with Gasteiger partial charge in [-0.2, -0.15) is 5.26 Å². The smallest absolute Gasteiger partial charge is 0.251 e. The van der Waals surface area contributed by atoms with Crippen LogP contribution in [-0.4, -0.2) is 30.5 Å². The van der Waals surface area contributed by atoms with Crippen molar-refractivity contribution in [3.8, 4) is 6.07 Å². The van der Waals surface area contributed by atoms with Gasteiger partial charge in [-0.05, 0) is 49.1 Å². The molecule has 0 bridgehead atoms. The third-order valence-corrected chi connectivity index (χ3v) is 6.07. The number of nitrogens with one attached hydrogen (secondary N) is 1. The van der Waals surface area contributed by atoms with E-state index in [4.69, 9.17) is 10.2 Å². The lowest BCUT2D eigenvalue weighted by Gasteiger charge is -2.31. The van der Waals surface area contributed by atoms with Crippen molar-refractivity contribution < 1.29 is 4.79 Å². The number of para-hydroxylation sites is 1. The van der Waals surface area contributed by atoms with Gasteiger partial charge in [0.05, 0.1) is 21.8 Å². The van der Waals surface area contributed by atoms with E-state index in [-0.39, 0.29) is 5.91 Å². The van der Waals surface area contributed by atoms with Crippen molar-refractivity contribution in [1.29, 1.82) is 5.26 Å². The highest BCUT2D eigenvalue weighted by Crippen LogP contribution is 2.31. The molecule has 1 fully saturated rings. The van der Waals surface area contributed by atoms with Gasteiger partial charge in [-0.3, -0.25) is 4.79 Å². The van der Waals surface area contributed by atoms with E-state index in [0.717, 1.165) is 36.6 Å². The number of fused-ring (bicyclic) bond motifs is 1. The van der Waals surface area contributed by atoms with Gasteiger partial charge in [0.1, 0.15) is 0 Å². The molecule has 2 heterocycles. The number of carbonyl (C=O) groups is 1. The van der Waals surface area contributed by atoms with Crippen LogP contribution in [0.2, 0.25) is 0 Å². The van der Waals surface area contributed by atoms with E-state index in [1.807, 2.05) is 12.1 Å². The molecule has 0 saturated carbocycles. The molecule has 3 aromatic rings. The molecule has 1 saturated heterocycles. The average molecular weight is 376 g/mol. The fourth-order valence-corrected chi connectivity index (χ4v) is 4.41. The van der Waals surface area contributed by atoms with Crippen LogP contribution in [0.5, 0.6) is 0 Å². The first-order chi connectivity index (χ1) is 13.2. The van der Waals surface area contributed by atoms with Crippen LogP contribution in [0.1, 0.15) is 28.8 Å². The number of piperidine rings is 1. The van der Waals surface area contributed by atoms with Crippen LogP contribution in [0.4, 0.5) is 5.13 Å². The van der Waals surface area contributed by atoms with Gasteiger partial charge in [-0.25, -0.2) is 4.98 Å². The lowest BCUT2D eigenvalue weighted by Crippen LogP contribution is -2.38. The Kier molecular flexibility index (Phi) is 5.03. The molecule has 1 aliphatic rings. The first-order valence-corrected chi connectivity index (χ1v) is 9.93.